The molecule has 1 aliphatic rings. The molecule has 2 rings (SSSR count). The molecule has 1 saturated heterocycles. The third-order valence-electron chi connectivity index (χ3n) is 3.88. The number of hydrogen-bond acceptors (Lipinski definition) is 1. The van der Waals surface area contributed by atoms with Crippen LogP contribution >= 0.6 is 0 Å². The average molecular weight is 231 g/mol. The number of rotatable bonds is 4. The summed E-state index contributed by atoms with van der Waals surface area (Å²) in [6.07, 6.45) is 4.01. The summed E-state index contributed by atoms with van der Waals surface area (Å²) in [6, 6.07) is 11.0. The molecule has 0 bridgehead atoms. The molecule has 1 heteroatoms. The highest BCUT2D eigenvalue weighted by Gasteiger charge is 2.19. The lowest BCUT2D eigenvalue weighted by atomic mass is 9.89. The zero-order valence-electron chi connectivity index (χ0n) is 11.2. The van der Waals surface area contributed by atoms with Crippen LogP contribution in [0.2, 0.25) is 0 Å². The molecule has 1 heterocycles. The lowest BCUT2D eigenvalue weighted by Gasteiger charge is -2.32. The largest absolute Gasteiger partial charge is 0.303 e. The fourth-order valence-corrected chi connectivity index (χ4v) is 2.66. The minimum atomic E-state index is 0.798. The number of hydrogen-bond donors (Lipinski definition) is 0. The van der Waals surface area contributed by atoms with Crippen LogP contribution in [-0.4, -0.2) is 24.5 Å². The van der Waals surface area contributed by atoms with Crippen LogP contribution in [0.5, 0.6) is 0 Å². The molecule has 0 unspecified atom stereocenters. The Kier molecular flexibility index (Phi) is 4.61. The molecule has 17 heavy (non-hydrogen) atoms. The number of benzene rings is 1. The lowest BCUT2D eigenvalue weighted by Crippen LogP contribution is -2.34. The Bertz CT molecular complexity index is 310. The maximum atomic E-state index is 2.64. The van der Waals surface area contributed by atoms with Crippen LogP contribution in [0, 0.1) is 5.92 Å². The molecule has 0 aliphatic carbocycles. The third-order valence-corrected chi connectivity index (χ3v) is 3.88. The summed E-state index contributed by atoms with van der Waals surface area (Å²) in [5, 5.41) is 0. The van der Waals surface area contributed by atoms with Gasteiger partial charge < -0.3 is 4.90 Å². The van der Waals surface area contributed by atoms with Crippen LogP contribution in [0.15, 0.2) is 30.3 Å². The van der Waals surface area contributed by atoms with Crippen molar-refractivity contribution in [3.05, 3.63) is 35.9 Å². The van der Waals surface area contributed by atoms with E-state index in [0.717, 1.165) is 11.8 Å². The van der Waals surface area contributed by atoms with E-state index in [9.17, 15) is 0 Å². The second kappa shape index (κ2) is 6.20. The topological polar surface area (TPSA) is 3.24 Å². The summed E-state index contributed by atoms with van der Waals surface area (Å²) < 4.78 is 0. The Balaban J connectivity index is 1.78. The van der Waals surface area contributed by atoms with Crippen LogP contribution in [0.25, 0.3) is 0 Å². The first-order valence-corrected chi connectivity index (χ1v) is 7.03. The lowest BCUT2D eigenvalue weighted by molar-refractivity contribution is 0.202. The Morgan fingerprint density at radius 2 is 1.76 bits per heavy atom. The van der Waals surface area contributed by atoms with Crippen LogP contribution in [0.3, 0.4) is 0 Å². The zero-order chi connectivity index (χ0) is 12.1. The van der Waals surface area contributed by atoms with Crippen LogP contribution in [-0.2, 0) is 0 Å². The molecule has 1 aliphatic heterocycles. The number of piperidine rings is 1. The van der Waals surface area contributed by atoms with Gasteiger partial charge in [0.15, 0.2) is 0 Å². The second-order valence-corrected chi connectivity index (χ2v) is 5.71. The number of likely N-dealkylation sites (tertiary alicyclic amines) is 1. The summed E-state index contributed by atoms with van der Waals surface area (Å²) in [4.78, 5) is 2.64. The highest BCUT2D eigenvalue weighted by molar-refractivity contribution is 5.19. The van der Waals surface area contributed by atoms with Gasteiger partial charge in [0.25, 0.3) is 0 Å². The monoisotopic (exact) mass is 231 g/mol. The van der Waals surface area contributed by atoms with Crippen LogP contribution in [0.4, 0.5) is 0 Å². The highest BCUT2D eigenvalue weighted by Crippen LogP contribution is 2.27. The van der Waals surface area contributed by atoms with E-state index in [1.807, 2.05) is 0 Å². The van der Waals surface area contributed by atoms with Gasteiger partial charge in [-0.3, -0.25) is 0 Å². The Labute approximate surface area is 106 Å². The van der Waals surface area contributed by atoms with Gasteiger partial charge in [-0.1, -0.05) is 44.2 Å². The Hall–Kier alpha value is -0.820. The summed E-state index contributed by atoms with van der Waals surface area (Å²) in [6.45, 7) is 8.49. The molecular weight excluding hydrogens is 206 g/mol. The maximum absolute atomic E-state index is 2.64. The van der Waals surface area contributed by atoms with Crippen LogP contribution < -0.4 is 0 Å². The second-order valence-electron chi connectivity index (χ2n) is 5.71. The molecule has 0 saturated carbocycles. The van der Waals surface area contributed by atoms with Crippen molar-refractivity contribution in [2.75, 3.05) is 19.6 Å². The van der Waals surface area contributed by atoms with Crippen molar-refractivity contribution < 1.29 is 0 Å². The first kappa shape index (κ1) is 12.6. The van der Waals surface area contributed by atoms with Gasteiger partial charge in [-0.25, -0.2) is 0 Å². The van der Waals surface area contributed by atoms with E-state index < -0.39 is 0 Å². The normalized spacial score (nSPS) is 18.8. The molecule has 0 spiro atoms. The minimum Gasteiger partial charge on any atom is -0.303 e. The van der Waals surface area contributed by atoms with E-state index >= 15 is 0 Å². The van der Waals surface area contributed by atoms with Crippen LogP contribution in [0.1, 0.15) is 44.6 Å². The van der Waals surface area contributed by atoms with Gasteiger partial charge in [-0.15, -0.1) is 0 Å². The van der Waals surface area contributed by atoms with E-state index in [0.29, 0.717) is 0 Å². The molecule has 0 N–H and O–H groups in total. The van der Waals surface area contributed by atoms with Crippen molar-refractivity contribution in [1.82, 2.24) is 4.90 Å². The minimum absolute atomic E-state index is 0.798. The zero-order valence-corrected chi connectivity index (χ0v) is 11.2. The van der Waals surface area contributed by atoms with Gasteiger partial charge in [0.1, 0.15) is 0 Å². The van der Waals surface area contributed by atoms with Gasteiger partial charge in [0.05, 0.1) is 0 Å². The van der Waals surface area contributed by atoms with Gasteiger partial charge in [-0.05, 0) is 56.3 Å². The quantitative estimate of drug-likeness (QED) is 0.759. The van der Waals surface area contributed by atoms with Gasteiger partial charge in [-0.2, -0.15) is 0 Å². The van der Waals surface area contributed by atoms with E-state index in [-0.39, 0.29) is 0 Å². The molecule has 0 amide bonds. The first-order chi connectivity index (χ1) is 8.25. The summed E-state index contributed by atoms with van der Waals surface area (Å²) >= 11 is 0. The van der Waals surface area contributed by atoms with Gasteiger partial charge >= 0.3 is 0 Å². The van der Waals surface area contributed by atoms with E-state index in [2.05, 4.69) is 49.1 Å². The van der Waals surface area contributed by atoms with Gasteiger partial charge in [0.2, 0.25) is 0 Å². The molecule has 0 radical (unpaired) electrons. The Morgan fingerprint density at radius 3 is 2.35 bits per heavy atom. The molecule has 1 nitrogen and oxygen atoms in total. The molecule has 0 aromatic heterocycles. The molecule has 1 aromatic rings. The smallest absolute Gasteiger partial charge is 0.00129 e. The van der Waals surface area contributed by atoms with Crippen molar-refractivity contribution >= 4 is 0 Å². The third kappa shape index (κ3) is 3.85. The van der Waals surface area contributed by atoms with Crippen molar-refractivity contribution in [2.24, 2.45) is 5.92 Å². The molecular formula is C16H25N. The number of nitrogens with zero attached hydrogens (tertiary/aromatic N) is 1. The van der Waals surface area contributed by atoms with Gasteiger partial charge in [0, 0.05) is 0 Å². The molecule has 1 fully saturated rings. The molecule has 94 valence electrons. The fourth-order valence-electron chi connectivity index (χ4n) is 2.66. The maximum Gasteiger partial charge on any atom is -0.00129 e. The SMILES string of the molecule is CC(C)CCN1CCC(c2ccccc2)CC1. The molecule has 1 aromatic carbocycles. The van der Waals surface area contributed by atoms with E-state index in [1.165, 1.54) is 44.5 Å². The molecule has 0 atom stereocenters. The standard InChI is InChI=1S/C16H25N/c1-14(2)8-11-17-12-9-16(10-13-17)15-6-4-3-5-7-15/h3-7,14,16H,8-13H2,1-2H3. The van der Waals surface area contributed by atoms with E-state index in [4.69, 9.17) is 0 Å². The predicted molar refractivity (Wildman–Crippen MR) is 74.3 cm³/mol. The van der Waals surface area contributed by atoms with E-state index in [1.54, 1.807) is 0 Å². The summed E-state index contributed by atoms with van der Waals surface area (Å²) in [5.41, 5.74) is 1.54. The first-order valence-electron chi connectivity index (χ1n) is 7.03. The summed E-state index contributed by atoms with van der Waals surface area (Å²) in [5.74, 6) is 1.63. The van der Waals surface area contributed by atoms with Crippen molar-refractivity contribution in [2.45, 2.75) is 39.0 Å². The average Bonchev–Trinajstić information content (AvgIpc) is 2.38. The highest BCUT2D eigenvalue weighted by atomic mass is 15.1. The van der Waals surface area contributed by atoms with Crippen molar-refractivity contribution in [3.8, 4) is 0 Å². The van der Waals surface area contributed by atoms with Crippen molar-refractivity contribution in [1.29, 1.82) is 0 Å². The fraction of sp³-hybridized carbons (Fsp3) is 0.625. The Morgan fingerprint density at radius 1 is 1.12 bits per heavy atom. The predicted octanol–water partition coefficient (Wildman–Crippen LogP) is 3.91. The van der Waals surface area contributed by atoms with Crippen molar-refractivity contribution in [3.63, 3.8) is 0 Å². The summed E-state index contributed by atoms with van der Waals surface area (Å²) in [7, 11) is 0.